The van der Waals surface area contributed by atoms with E-state index >= 15 is 0 Å². The molecule has 24 heavy (non-hydrogen) atoms. The quantitative estimate of drug-likeness (QED) is 0.175. The van der Waals surface area contributed by atoms with Gasteiger partial charge >= 0.3 is 5.97 Å². The van der Waals surface area contributed by atoms with Gasteiger partial charge in [-0.1, -0.05) is 33.7 Å². The summed E-state index contributed by atoms with van der Waals surface area (Å²) in [7, 11) is 4.91. The highest BCUT2D eigenvalue weighted by atomic mass is 33.1. The van der Waals surface area contributed by atoms with Gasteiger partial charge in [-0.05, 0) is 19.3 Å². The molecule has 0 aliphatic heterocycles. The molecule has 1 amide bonds. The van der Waals surface area contributed by atoms with Crippen molar-refractivity contribution in [2.24, 2.45) is 5.73 Å². The van der Waals surface area contributed by atoms with Crippen LogP contribution < -0.4 is 16.4 Å². The van der Waals surface area contributed by atoms with Crippen LogP contribution in [-0.4, -0.2) is 43.6 Å². The number of methoxy groups -OCH3 is 1. The summed E-state index contributed by atoms with van der Waals surface area (Å²) in [6, 6.07) is 0. The first-order chi connectivity index (χ1) is 11.7. The van der Waals surface area contributed by atoms with Crippen LogP contribution in [0.5, 0.6) is 0 Å². The van der Waals surface area contributed by atoms with Gasteiger partial charge in [-0.15, -0.1) is 0 Å². The summed E-state index contributed by atoms with van der Waals surface area (Å²) >= 11 is 0. The molecule has 0 rings (SSSR count). The Morgan fingerprint density at radius 1 is 1.12 bits per heavy atom. The summed E-state index contributed by atoms with van der Waals surface area (Å²) in [4.78, 5) is 22.5. The van der Waals surface area contributed by atoms with E-state index in [1.165, 1.54) is 13.3 Å². The summed E-state index contributed by atoms with van der Waals surface area (Å²) in [5, 5.41) is 5.94. The van der Waals surface area contributed by atoms with E-state index in [0.717, 1.165) is 37.3 Å². The van der Waals surface area contributed by atoms with E-state index in [9.17, 15) is 9.59 Å². The van der Waals surface area contributed by atoms with Crippen molar-refractivity contribution in [3.63, 3.8) is 0 Å². The van der Waals surface area contributed by atoms with Crippen molar-refractivity contribution in [3.05, 3.63) is 24.6 Å². The Bertz CT molecular complexity index is 391. The van der Waals surface area contributed by atoms with E-state index in [1.807, 2.05) is 12.2 Å². The number of esters is 1. The van der Waals surface area contributed by atoms with Crippen LogP contribution >= 0.6 is 21.6 Å². The van der Waals surface area contributed by atoms with Crippen LogP contribution in [0.25, 0.3) is 0 Å². The van der Waals surface area contributed by atoms with Crippen LogP contribution in [0.15, 0.2) is 24.6 Å². The smallest absolute Gasteiger partial charge is 0.305 e. The minimum absolute atomic E-state index is 0.0427. The van der Waals surface area contributed by atoms with Crippen LogP contribution in [0.3, 0.4) is 0 Å². The molecular formula is C16H29N3O3S2. The SMILES string of the molecule is COC(=O)CCCCC=CCC(=O)NCCSSCCNC=CN. The minimum atomic E-state index is -0.168. The number of hydrogen-bond donors (Lipinski definition) is 3. The third-order valence-electron chi connectivity index (χ3n) is 2.83. The zero-order chi connectivity index (χ0) is 17.9. The Hall–Kier alpha value is -1.28. The van der Waals surface area contributed by atoms with Gasteiger partial charge in [0, 0.05) is 49.8 Å². The fourth-order valence-corrected chi connectivity index (χ4v) is 3.45. The lowest BCUT2D eigenvalue weighted by Gasteiger charge is -2.03. The van der Waals surface area contributed by atoms with E-state index in [4.69, 9.17) is 5.73 Å². The number of allylic oxidation sites excluding steroid dienone is 1. The van der Waals surface area contributed by atoms with Crippen LogP contribution in [0.4, 0.5) is 0 Å². The first kappa shape index (κ1) is 22.7. The Labute approximate surface area is 152 Å². The molecule has 0 fully saturated rings. The van der Waals surface area contributed by atoms with Crippen molar-refractivity contribution in [1.29, 1.82) is 0 Å². The highest BCUT2D eigenvalue weighted by molar-refractivity contribution is 8.76. The van der Waals surface area contributed by atoms with Crippen molar-refractivity contribution in [1.82, 2.24) is 10.6 Å². The summed E-state index contributed by atoms with van der Waals surface area (Å²) in [6.45, 7) is 1.56. The van der Waals surface area contributed by atoms with Crippen LogP contribution in [0.2, 0.25) is 0 Å². The van der Waals surface area contributed by atoms with Crippen molar-refractivity contribution in [2.75, 3.05) is 31.7 Å². The number of hydrogen-bond acceptors (Lipinski definition) is 7. The molecule has 0 saturated carbocycles. The lowest BCUT2D eigenvalue weighted by Crippen LogP contribution is -2.24. The largest absolute Gasteiger partial charge is 0.469 e. The maximum absolute atomic E-state index is 11.6. The normalized spacial score (nSPS) is 11.0. The maximum atomic E-state index is 11.6. The minimum Gasteiger partial charge on any atom is -0.469 e. The molecule has 4 N–H and O–H groups in total. The highest BCUT2D eigenvalue weighted by Gasteiger charge is 1.99. The monoisotopic (exact) mass is 375 g/mol. The Kier molecular flexibility index (Phi) is 17.1. The van der Waals surface area contributed by atoms with Gasteiger partial charge in [0.05, 0.1) is 7.11 Å². The van der Waals surface area contributed by atoms with Crippen molar-refractivity contribution >= 4 is 33.5 Å². The molecule has 0 saturated heterocycles. The first-order valence-electron chi connectivity index (χ1n) is 8.03. The van der Waals surface area contributed by atoms with Gasteiger partial charge in [0.1, 0.15) is 0 Å². The summed E-state index contributed by atoms with van der Waals surface area (Å²) in [6.07, 6.45) is 10.6. The Morgan fingerprint density at radius 2 is 1.88 bits per heavy atom. The van der Waals surface area contributed by atoms with Gasteiger partial charge in [-0.3, -0.25) is 9.59 Å². The number of rotatable bonds is 15. The van der Waals surface area contributed by atoms with Crippen LogP contribution in [0, 0.1) is 0 Å². The summed E-state index contributed by atoms with van der Waals surface area (Å²) in [5.41, 5.74) is 5.20. The third kappa shape index (κ3) is 17.1. The second kappa shape index (κ2) is 18.1. The number of ether oxygens (including phenoxy) is 1. The van der Waals surface area contributed by atoms with E-state index in [2.05, 4.69) is 15.4 Å². The lowest BCUT2D eigenvalue weighted by atomic mass is 10.2. The third-order valence-corrected chi connectivity index (χ3v) is 5.24. The fourth-order valence-electron chi connectivity index (χ4n) is 1.62. The van der Waals surface area contributed by atoms with E-state index in [-0.39, 0.29) is 11.9 Å². The van der Waals surface area contributed by atoms with Gasteiger partial charge in [0.15, 0.2) is 0 Å². The number of nitrogens with two attached hydrogens (primary N) is 1. The van der Waals surface area contributed by atoms with Gasteiger partial charge in [0.25, 0.3) is 0 Å². The number of amides is 1. The number of carbonyl (C=O) groups is 2. The molecule has 138 valence electrons. The number of carbonyl (C=O) groups excluding carboxylic acids is 2. The molecule has 0 spiro atoms. The van der Waals surface area contributed by atoms with Crippen molar-refractivity contribution in [3.8, 4) is 0 Å². The highest BCUT2D eigenvalue weighted by Crippen LogP contribution is 2.19. The van der Waals surface area contributed by atoms with Gasteiger partial charge in [-0.2, -0.15) is 0 Å². The molecule has 0 radical (unpaired) electrons. The maximum Gasteiger partial charge on any atom is 0.305 e. The molecule has 0 aromatic heterocycles. The molecule has 0 unspecified atom stereocenters. The van der Waals surface area contributed by atoms with Crippen LogP contribution in [0.1, 0.15) is 32.1 Å². The molecule has 0 aromatic carbocycles. The average molecular weight is 376 g/mol. The van der Waals surface area contributed by atoms with E-state index in [1.54, 1.807) is 27.8 Å². The molecule has 0 bridgehead atoms. The van der Waals surface area contributed by atoms with Gasteiger partial charge < -0.3 is 21.1 Å². The second-order valence-corrected chi connectivity index (χ2v) is 7.51. The van der Waals surface area contributed by atoms with Crippen molar-refractivity contribution < 1.29 is 14.3 Å². The Morgan fingerprint density at radius 3 is 2.58 bits per heavy atom. The summed E-state index contributed by atoms with van der Waals surface area (Å²) < 4.78 is 4.57. The topological polar surface area (TPSA) is 93.5 Å². The van der Waals surface area contributed by atoms with Gasteiger partial charge in [0.2, 0.25) is 5.91 Å². The van der Waals surface area contributed by atoms with E-state index in [0.29, 0.717) is 19.4 Å². The van der Waals surface area contributed by atoms with Crippen molar-refractivity contribution in [2.45, 2.75) is 32.1 Å². The molecule has 0 heterocycles. The fraction of sp³-hybridized carbons (Fsp3) is 0.625. The Balaban J connectivity index is 3.34. The average Bonchev–Trinajstić information content (AvgIpc) is 2.59. The molecule has 6 nitrogen and oxygen atoms in total. The standard InChI is InChI=1S/C16H29N3O3S2/c1-22-16(21)8-6-4-2-3-5-7-15(20)19-12-14-24-23-13-11-18-10-9-17/h3,5,9-10,18H,2,4,6-8,11-14,17H2,1H3,(H,19,20). The number of nitrogens with one attached hydrogen (secondary N) is 2. The van der Waals surface area contributed by atoms with E-state index < -0.39 is 0 Å². The predicted molar refractivity (Wildman–Crippen MR) is 103 cm³/mol. The second-order valence-electron chi connectivity index (χ2n) is 4.80. The number of unbranched alkanes of at least 4 members (excludes halogenated alkanes) is 2. The molecular weight excluding hydrogens is 346 g/mol. The molecule has 0 atom stereocenters. The lowest BCUT2D eigenvalue weighted by molar-refractivity contribution is -0.140. The molecule has 0 aliphatic carbocycles. The summed E-state index contributed by atoms with van der Waals surface area (Å²) in [5.74, 6) is 1.75. The molecule has 8 heteroatoms. The molecule has 0 aliphatic rings. The predicted octanol–water partition coefficient (Wildman–Crippen LogP) is 2.18. The van der Waals surface area contributed by atoms with Crippen LogP contribution in [-0.2, 0) is 14.3 Å². The molecule has 0 aromatic rings. The van der Waals surface area contributed by atoms with Gasteiger partial charge in [-0.25, -0.2) is 0 Å². The first-order valence-corrected chi connectivity index (χ1v) is 10.5. The zero-order valence-electron chi connectivity index (χ0n) is 14.3. The zero-order valence-corrected chi connectivity index (χ0v) is 15.9.